The Bertz CT molecular complexity index is 974. The van der Waals surface area contributed by atoms with Crippen molar-refractivity contribution in [1.29, 1.82) is 0 Å². The average molecular weight is 515 g/mol. The van der Waals surface area contributed by atoms with Crippen molar-refractivity contribution in [2.75, 3.05) is 6.26 Å². The van der Waals surface area contributed by atoms with E-state index in [-0.39, 0.29) is 23.8 Å². The number of hydrogen-bond donors (Lipinski definition) is 2. The predicted octanol–water partition coefficient (Wildman–Crippen LogP) is 4.92. The maximum atomic E-state index is 11.6. The number of benzene rings is 3. The fraction of sp³-hybridized carbons (Fsp3) is 0.250. The van der Waals surface area contributed by atoms with Crippen LogP contribution in [0.2, 0.25) is 0 Å². The van der Waals surface area contributed by atoms with Gasteiger partial charge in [-0.05, 0) is 31.9 Å². The quantitative estimate of drug-likeness (QED) is 0.475. The van der Waals surface area contributed by atoms with Gasteiger partial charge in [-0.1, -0.05) is 95.6 Å². The van der Waals surface area contributed by atoms with Gasteiger partial charge >= 0.3 is 19.5 Å². The van der Waals surface area contributed by atoms with Crippen LogP contribution in [-0.2, 0) is 29.5 Å². The number of sulfonamides is 1. The molecule has 0 aliphatic heterocycles. The van der Waals surface area contributed by atoms with Crippen LogP contribution < -0.4 is 10.5 Å². The molecule has 0 spiro atoms. The first-order valence-corrected chi connectivity index (χ1v) is 11.4. The summed E-state index contributed by atoms with van der Waals surface area (Å²) in [7, 11) is -3.35. The molecule has 30 heavy (non-hydrogen) atoms. The van der Waals surface area contributed by atoms with E-state index in [2.05, 4.69) is 43.7 Å². The van der Waals surface area contributed by atoms with Gasteiger partial charge in [-0.2, -0.15) is 0 Å². The molecule has 0 heterocycles. The molecule has 4 nitrogen and oxygen atoms in total. The van der Waals surface area contributed by atoms with Crippen molar-refractivity contribution < 1.29 is 32.2 Å². The largest absolute Gasteiger partial charge is 3.00 e. The summed E-state index contributed by atoms with van der Waals surface area (Å²) in [5, 5.41) is 0. The van der Waals surface area contributed by atoms with Crippen LogP contribution in [0.1, 0.15) is 44.2 Å². The van der Waals surface area contributed by atoms with Gasteiger partial charge in [0.15, 0.2) is 0 Å². The van der Waals surface area contributed by atoms with Gasteiger partial charge in [-0.3, -0.25) is 0 Å². The van der Waals surface area contributed by atoms with Gasteiger partial charge in [-0.25, -0.2) is 13.1 Å². The number of aryl methyl sites for hydroxylation is 3. The van der Waals surface area contributed by atoms with Gasteiger partial charge in [0.2, 0.25) is 10.0 Å². The van der Waals surface area contributed by atoms with Crippen LogP contribution in [0.5, 0.6) is 0 Å². The zero-order valence-corrected chi connectivity index (χ0v) is 20.4. The molecule has 165 valence electrons. The van der Waals surface area contributed by atoms with Gasteiger partial charge in [0.1, 0.15) is 0 Å². The van der Waals surface area contributed by atoms with E-state index in [4.69, 9.17) is 5.73 Å². The molecule has 3 aromatic rings. The summed E-state index contributed by atoms with van der Waals surface area (Å²) in [6.07, 6.45) is 1.14. The monoisotopic (exact) mass is 515 g/mol. The minimum absolute atomic E-state index is 0. The van der Waals surface area contributed by atoms with E-state index in [1.807, 2.05) is 60.7 Å². The van der Waals surface area contributed by atoms with E-state index in [1.165, 1.54) is 16.7 Å². The third-order valence-corrected chi connectivity index (χ3v) is 5.09. The first-order valence-electron chi connectivity index (χ1n) is 9.53. The van der Waals surface area contributed by atoms with Gasteiger partial charge in [0.25, 0.3) is 0 Å². The smallest absolute Gasteiger partial charge is 1.00 e. The Morgan fingerprint density at radius 2 is 1.13 bits per heavy atom. The second-order valence-corrected chi connectivity index (χ2v) is 9.16. The van der Waals surface area contributed by atoms with Crippen molar-refractivity contribution in [2.24, 2.45) is 5.73 Å². The molecule has 0 aliphatic rings. The van der Waals surface area contributed by atoms with E-state index in [0.29, 0.717) is 0 Å². The normalized spacial score (nSPS) is 12.7. The predicted molar refractivity (Wildman–Crippen MR) is 125 cm³/mol. The fourth-order valence-corrected chi connectivity index (χ4v) is 4.05. The molecule has 6 heteroatoms. The molecule has 0 amide bonds. The Morgan fingerprint density at radius 1 is 0.767 bits per heavy atom. The Labute approximate surface area is 198 Å². The summed E-state index contributed by atoms with van der Waals surface area (Å²) in [6.45, 7) is 6.38. The second kappa shape index (κ2) is 12.1. The summed E-state index contributed by atoms with van der Waals surface area (Å²) >= 11 is 0. The SMILES string of the molecule is CS(=O)(=O)N[C@@H](c1ccccc1)[C@@H](N)c1ccccc1.Cc1cc(C)cc(C)c1.[H-].[H-].[H-].[Ru+3]. The Hall–Kier alpha value is -1.85. The van der Waals surface area contributed by atoms with E-state index in [1.54, 1.807) is 0 Å². The van der Waals surface area contributed by atoms with Crippen molar-refractivity contribution in [3.8, 4) is 0 Å². The Kier molecular flexibility index (Phi) is 10.6. The molecule has 0 saturated heterocycles. The molecule has 0 fully saturated rings. The molecule has 3 N–H and O–H groups in total. The average Bonchev–Trinajstić information content (AvgIpc) is 2.66. The second-order valence-electron chi connectivity index (χ2n) is 7.38. The van der Waals surface area contributed by atoms with Gasteiger partial charge in [0, 0.05) is 0 Å². The Morgan fingerprint density at radius 3 is 1.50 bits per heavy atom. The van der Waals surface area contributed by atoms with Crippen molar-refractivity contribution in [1.82, 2.24) is 4.72 Å². The van der Waals surface area contributed by atoms with Crippen LogP contribution in [0.15, 0.2) is 78.9 Å². The van der Waals surface area contributed by atoms with Crippen LogP contribution in [0.3, 0.4) is 0 Å². The van der Waals surface area contributed by atoms with Gasteiger partial charge in [0.05, 0.1) is 18.3 Å². The zero-order valence-electron chi connectivity index (χ0n) is 20.8. The van der Waals surface area contributed by atoms with E-state index >= 15 is 0 Å². The molecule has 0 saturated carbocycles. The molecule has 0 aliphatic carbocycles. The Balaban J connectivity index is -0.000000597. The van der Waals surface area contributed by atoms with Crippen LogP contribution in [0, 0.1) is 20.8 Å². The number of nitrogens with one attached hydrogen (secondary N) is 1. The van der Waals surface area contributed by atoms with E-state index < -0.39 is 22.1 Å². The van der Waals surface area contributed by atoms with Crippen LogP contribution in [-0.4, -0.2) is 14.7 Å². The molecule has 0 aromatic heterocycles. The number of rotatable bonds is 5. The molecule has 1 radical (unpaired) electrons. The minimum atomic E-state index is -3.35. The van der Waals surface area contributed by atoms with E-state index in [0.717, 1.165) is 17.4 Å². The van der Waals surface area contributed by atoms with Crippen LogP contribution in [0.25, 0.3) is 0 Å². The third-order valence-electron chi connectivity index (χ3n) is 4.41. The van der Waals surface area contributed by atoms with Gasteiger partial charge in [-0.15, -0.1) is 0 Å². The molecule has 3 aromatic carbocycles. The number of hydrogen-bond acceptors (Lipinski definition) is 3. The molecular formula is C24H33N2O2RuS. The third kappa shape index (κ3) is 8.89. The molecule has 3 rings (SSSR count). The molecule has 2 atom stereocenters. The number of nitrogens with two attached hydrogens (primary N) is 1. The first-order chi connectivity index (χ1) is 13.7. The first kappa shape index (κ1) is 26.2. The van der Waals surface area contributed by atoms with Crippen LogP contribution in [0.4, 0.5) is 0 Å². The van der Waals surface area contributed by atoms with Crippen molar-refractivity contribution in [2.45, 2.75) is 32.9 Å². The summed E-state index contributed by atoms with van der Waals surface area (Å²) in [6, 6.07) is 24.4. The maximum Gasteiger partial charge on any atom is 3.00 e. The molecular weight excluding hydrogens is 481 g/mol. The summed E-state index contributed by atoms with van der Waals surface area (Å²) in [4.78, 5) is 0. The summed E-state index contributed by atoms with van der Waals surface area (Å²) in [5.41, 5.74) is 12.0. The maximum absolute atomic E-state index is 11.6. The summed E-state index contributed by atoms with van der Waals surface area (Å²) < 4.78 is 25.8. The van der Waals surface area contributed by atoms with Crippen LogP contribution >= 0.6 is 0 Å². The van der Waals surface area contributed by atoms with Gasteiger partial charge < -0.3 is 10.0 Å². The van der Waals surface area contributed by atoms with E-state index in [9.17, 15) is 8.42 Å². The molecule has 0 unspecified atom stereocenters. The van der Waals surface area contributed by atoms with Crippen molar-refractivity contribution >= 4 is 10.0 Å². The topological polar surface area (TPSA) is 72.2 Å². The molecule has 0 bridgehead atoms. The van der Waals surface area contributed by atoms with Crippen molar-refractivity contribution in [3.63, 3.8) is 0 Å². The van der Waals surface area contributed by atoms with Crippen molar-refractivity contribution in [3.05, 3.63) is 107 Å². The minimum Gasteiger partial charge on any atom is -1.00 e. The standard InChI is InChI=1S/C15H18N2O2S.C9H12.Ru.3H/c1-20(18,19)17-15(13-10-6-3-7-11-13)14(16)12-8-4-2-5-9-12;1-7-4-8(2)6-9(3)5-7;;;;/h2-11,14-15,17H,16H2,1H3;4-6H,1-3H3;;;;/q;;+3;3*-1/t14-,15-;;;;;/m0...../s1. The fourth-order valence-electron chi connectivity index (χ4n) is 3.31. The zero-order chi connectivity index (χ0) is 21.4. The summed E-state index contributed by atoms with van der Waals surface area (Å²) in [5.74, 6) is 0.